The molecule has 1 unspecified atom stereocenters. The van der Waals surface area contributed by atoms with Crippen LogP contribution in [0, 0.1) is 24.7 Å². The quantitative estimate of drug-likeness (QED) is 0.536. The fourth-order valence-corrected chi connectivity index (χ4v) is 1.21. The lowest BCUT2D eigenvalue weighted by molar-refractivity contribution is -0.144. The molecule has 0 heterocycles. The second-order valence-electron chi connectivity index (χ2n) is 2.89. The second kappa shape index (κ2) is 4.88. The zero-order chi connectivity index (χ0) is 11.3. The number of benzene rings is 1. The summed E-state index contributed by atoms with van der Waals surface area (Å²) in [5.41, 5.74) is 1.31. The fourth-order valence-electron chi connectivity index (χ4n) is 1.21. The number of carbonyl (C=O) groups excluding carboxylic acids is 1. The van der Waals surface area contributed by atoms with Gasteiger partial charge < -0.3 is 4.74 Å². The van der Waals surface area contributed by atoms with Crippen molar-refractivity contribution in [1.29, 1.82) is 0 Å². The van der Waals surface area contributed by atoms with Gasteiger partial charge in [-0.25, -0.2) is 0 Å². The zero-order valence-electron chi connectivity index (χ0n) is 8.36. The van der Waals surface area contributed by atoms with Crippen molar-refractivity contribution in [3.05, 3.63) is 35.4 Å². The number of hydrogen-bond donors (Lipinski definition) is 0. The number of carbonyl (C=O) groups is 1. The summed E-state index contributed by atoms with van der Waals surface area (Å²) in [5.74, 6) is 4.46. The van der Waals surface area contributed by atoms with Crippen LogP contribution in [0.1, 0.15) is 24.2 Å². The molecule has 1 rings (SSSR count). The van der Waals surface area contributed by atoms with E-state index < -0.39 is 12.1 Å². The summed E-state index contributed by atoms with van der Waals surface area (Å²) in [6, 6.07) is 7.11. The van der Waals surface area contributed by atoms with E-state index in [1.807, 2.05) is 0 Å². The molecule has 0 spiro atoms. The predicted octanol–water partition coefficient (Wildman–Crippen LogP) is 1.91. The first-order valence-corrected chi connectivity index (χ1v) is 4.38. The summed E-state index contributed by atoms with van der Waals surface area (Å²) in [6.45, 7) is 1.31. The molecule has 74 valence electrons. The first kappa shape index (κ1) is 10.9. The smallest absolute Gasteiger partial charge is 0.304 e. The molecule has 0 N–H and O–H groups in total. The lowest BCUT2D eigenvalue weighted by Crippen LogP contribution is -2.07. The molecular weight excluding hydrogens is 188 g/mol. The molecule has 0 radical (unpaired) electrons. The van der Waals surface area contributed by atoms with Gasteiger partial charge in [0, 0.05) is 18.1 Å². The van der Waals surface area contributed by atoms with Crippen molar-refractivity contribution < 1.29 is 9.53 Å². The lowest BCUT2D eigenvalue weighted by atomic mass is 10.0. The Balaban J connectivity index is 3.09. The zero-order valence-corrected chi connectivity index (χ0v) is 8.36. The molecule has 1 atom stereocenters. The molecule has 1 aromatic rings. The van der Waals surface area contributed by atoms with Gasteiger partial charge in [-0.1, -0.05) is 30.0 Å². The van der Waals surface area contributed by atoms with Crippen molar-refractivity contribution in [3.63, 3.8) is 0 Å². The van der Waals surface area contributed by atoms with Crippen LogP contribution in [0.25, 0.3) is 0 Å². The number of hydrogen-bond acceptors (Lipinski definition) is 2. The maximum absolute atomic E-state index is 10.8. The van der Waals surface area contributed by atoms with E-state index in [1.54, 1.807) is 24.3 Å². The van der Waals surface area contributed by atoms with Gasteiger partial charge in [0.1, 0.15) is 0 Å². The van der Waals surface area contributed by atoms with Crippen LogP contribution in [-0.4, -0.2) is 5.97 Å². The highest BCUT2D eigenvalue weighted by molar-refractivity contribution is 5.67. The Kier molecular flexibility index (Phi) is 3.55. The number of rotatable bonds is 2. The van der Waals surface area contributed by atoms with Crippen molar-refractivity contribution in [2.24, 2.45) is 0 Å². The van der Waals surface area contributed by atoms with Crippen LogP contribution < -0.4 is 0 Å². The normalized spacial score (nSPS) is 10.9. The van der Waals surface area contributed by atoms with Crippen LogP contribution in [0.3, 0.4) is 0 Å². The van der Waals surface area contributed by atoms with Gasteiger partial charge in [0.25, 0.3) is 0 Å². The SMILES string of the molecule is C#Cc1ccccc1C(C#C)OC(C)=O. The van der Waals surface area contributed by atoms with Gasteiger partial charge in [0.05, 0.1) is 0 Å². The molecule has 0 amide bonds. The van der Waals surface area contributed by atoms with Gasteiger partial charge in [0.2, 0.25) is 0 Å². The summed E-state index contributed by atoms with van der Waals surface area (Å²) in [4.78, 5) is 10.8. The van der Waals surface area contributed by atoms with E-state index in [9.17, 15) is 4.79 Å². The second-order valence-corrected chi connectivity index (χ2v) is 2.89. The molecule has 0 bridgehead atoms. The van der Waals surface area contributed by atoms with E-state index in [4.69, 9.17) is 17.6 Å². The molecule has 0 aromatic heterocycles. The van der Waals surface area contributed by atoms with E-state index >= 15 is 0 Å². The minimum atomic E-state index is -0.713. The Labute approximate surface area is 89.3 Å². The van der Waals surface area contributed by atoms with Crippen LogP contribution in [-0.2, 0) is 9.53 Å². The van der Waals surface area contributed by atoms with Crippen molar-refractivity contribution in [2.75, 3.05) is 0 Å². The molecule has 2 nitrogen and oxygen atoms in total. The van der Waals surface area contributed by atoms with Gasteiger partial charge in [0.15, 0.2) is 6.10 Å². The summed E-state index contributed by atoms with van der Waals surface area (Å²) in [7, 11) is 0. The average Bonchev–Trinajstić information content (AvgIpc) is 2.25. The Morgan fingerprint density at radius 3 is 2.60 bits per heavy atom. The highest BCUT2D eigenvalue weighted by Gasteiger charge is 2.13. The Hall–Kier alpha value is -2.19. The van der Waals surface area contributed by atoms with Crippen molar-refractivity contribution in [3.8, 4) is 24.7 Å². The minimum Gasteiger partial charge on any atom is -0.444 e. The van der Waals surface area contributed by atoms with Gasteiger partial charge in [-0.2, -0.15) is 0 Å². The molecule has 0 fully saturated rings. The van der Waals surface area contributed by atoms with E-state index in [0.29, 0.717) is 11.1 Å². The summed E-state index contributed by atoms with van der Waals surface area (Å²) >= 11 is 0. The highest BCUT2D eigenvalue weighted by Crippen LogP contribution is 2.20. The van der Waals surface area contributed by atoms with E-state index in [-0.39, 0.29) is 0 Å². The van der Waals surface area contributed by atoms with E-state index in [2.05, 4.69) is 11.8 Å². The van der Waals surface area contributed by atoms with Crippen LogP contribution in [0.5, 0.6) is 0 Å². The predicted molar refractivity (Wildman–Crippen MR) is 57.7 cm³/mol. The molecule has 0 aliphatic carbocycles. The number of terminal acetylenes is 2. The van der Waals surface area contributed by atoms with Crippen LogP contribution in [0.4, 0.5) is 0 Å². The molecule has 0 saturated carbocycles. The lowest BCUT2D eigenvalue weighted by Gasteiger charge is -2.12. The Morgan fingerprint density at radius 1 is 1.40 bits per heavy atom. The van der Waals surface area contributed by atoms with Crippen LogP contribution >= 0.6 is 0 Å². The molecular formula is C13H10O2. The third kappa shape index (κ3) is 2.62. The minimum absolute atomic E-state index is 0.426. The molecule has 0 aliphatic rings. The maximum Gasteiger partial charge on any atom is 0.304 e. The first-order chi connectivity index (χ1) is 7.19. The van der Waals surface area contributed by atoms with E-state index in [1.165, 1.54) is 6.92 Å². The third-order valence-electron chi connectivity index (χ3n) is 1.83. The van der Waals surface area contributed by atoms with Gasteiger partial charge in [-0.3, -0.25) is 4.79 Å². The summed E-state index contributed by atoms with van der Waals surface area (Å²) in [5, 5.41) is 0. The van der Waals surface area contributed by atoms with Crippen LogP contribution in [0.2, 0.25) is 0 Å². The van der Waals surface area contributed by atoms with Crippen LogP contribution in [0.15, 0.2) is 24.3 Å². The topological polar surface area (TPSA) is 26.3 Å². The molecule has 2 heteroatoms. The monoisotopic (exact) mass is 198 g/mol. The average molecular weight is 198 g/mol. The fraction of sp³-hybridized carbons (Fsp3) is 0.154. The van der Waals surface area contributed by atoms with Crippen molar-refractivity contribution in [1.82, 2.24) is 0 Å². The number of ether oxygens (including phenoxy) is 1. The first-order valence-electron chi connectivity index (χ1n) is 4.38. The molecule has 15 heavy (non-hydrogen) atoms. The largest absolute Gasteiger partial charge is 0.444 e. The molecule has 0 aliphatic heterocycles. The van der Waals surface area contributed by atoms with E-state index in [0.717, 1.165) is 0 Å². The third-order valence-corrected chi connectivity index (χ3v) is 1.83. The standard InChI is InChI=1S/C13H10O2/c1-4-11-8-6-7-9-12(11)13(5-2)15-10(3)14/h1-2,6-9,13H,3H3. The summed E-state index contributed by atoms with van der Waals surface area (Å²) < 4.78 is 4.96. The molecule has 1 aromatic carbocycles. The Morgan fingerprint density at radius 2 is 2.07 bits per heavy atom. The van der Waals surface area contributed by atoms with Crippen molar-refractivity contribution in [2.45, 2.75) is 13.0 Å². The Bertz CT molecular complexity index is 446. The van der Waals surface area contributed by atoms with Crippen molar-refractivity contribution >= 4 is 5.97 Å². The van der Waals surface area contributed by atoms with Gasteiger partial charge in [-0.15, -0.1) is 12.8 Å². The highest BCUT2D eigenvalue weighted by atomic mass is 16.5. The maximum atomic E-state index is 10.8. The molecule has 0 saturated heterocycles. The van der Waals surface area contributed by atoms with Gasteiger partial charge >= 0.3 is 5.97 Å². The van der Waals surface area contributed by atoms with Gasteiger partial charge in [-0.05, 0) is 6.07 Å². The summed E-state index contributed by atoms with van der Waals surface area (Å²) in [6.07, 6.45) is 9.88. The number of esters is 1.